The summed E-state index contributed by atoms with van der Waals surface area (Å²) in [6.07, 6.45) is 2.90. The zero-order valence-corrected chi connectivity index (χ0v) is 15.4. The van der Waals surface area contributed by atoms with E-state index in [0.717, 1.165) is 24.0 Å². The highest BCUT2D eigenvalue weighted by molar-refractivity contribution is 5.94. The van der Waals surface area contributed by atoms with E-state index in [1.54, 1.807) is 11.9 Å². The van der Waals surface area contributed by atoms with Gasteiger partial charge in [0.15, 0.2) is 0 Å². The number of carboxylic acid groups (broad SMARTS) is 1. The normalized spacial score (nSPS) is 21.2. The fourth-order valence-corrected chi connectivity index (χ4v) is 3.84. The van der Waals surface area contributed by atoms with Crippen molar-refractivity contribution in [3.05, 3.63) is 35.4 Å². The molecule has 1 atom stereocenters. The zero-order chi connectivity index (χ0) is 18.9. The zero-order valence-electron chi connectivity index (χ0n) is 15.4. The lowest BCUT2D eigenvalue weighted by molar-refractivity contribution is -0.147. The molecule has 0 bridgehead atoms. The van der Waals surface area contributed by atoms with Crippen LogP contribution >= 0.6 is 0 Å². The Morgan fingerprint density at radius 3 is 2.65 bits per heavy atom. The maximum atomic E-state index is 13.0. The number of carboxylic acids is 1. The molecule has 1 saturated carbocycles. The number of likely N-dealkylation sites (N-methyl/N-ethyl adjacent to an activating group) is 1. The first kappa shape index (κ1) is 18.4. The minimum absolute atomic E-state index is 0.00125. The standard InChI is InChI=1S/C20H26N2O4/c1-14-5-3-7-16(11-14)20(8-9-20)19(26)21(2)13-17(23)22-10-4-6-15(12-22)18(24)25/h3,5,7,11,15H,4,6,8-10,12-13H2,1-2H3,(H,24,25). The van der Waals surface area contributed by atoms with Crippen molar-refractivity contribution in [3.8, 4) is 0 Å². The maximum Gasteiger partial charge on any atom is 0.308 e. The Morgan fingerprint density at radius 1 is 1.31 bits per heavy atom. The summed E-state index contributed by atoms with van der Waals surface area (Å²) >= 11 is 0. The van der Waals surface area contributed by atoms with Crippen LogP contribution in [0.15, 0.2) is 24.3 Å². The summed E-state index contributed by atoms with van der Waals surface area (Å²) < 4.78 is 0. The molecule has 6 nitrogen and oxygen atoms in total. The topological polar surface area (TPSA) is 77.9 Å². The van der Waals surface area contributed by atoms with Gasteiger partial charge in [0.25, 0.3) is 0 Å². The number of carbonyl (C=O) groups is 3. The molecule has 3 rings (SSSR count). The Morgan fingerprint density at radius 2 is 2.04 bits per heavy atom. The summed E-state index contributed by atoms with van der Waals surface area (Å²) in [5, 5.41) is 9.17. The second-order valence-electron chi connectivity index (χ2n) is 7.63. The fraction of sp³-hybridized carbons (Fsp3) is 0.550. The number of likely N-dealkylation sites (tertiary alicyclic amines) is 1. The van der Waals surface area contributed by atoms with E-state index >= 15 is 0 Å². The van der Waals surface area contributed by atoms with Crippen LogP contribution in [0.2, 0.25) is 0 Å². The molecule has 1 aliphatic heterocycles. The van der Waals surface area contributed by atoms with Gasteiger partial charge in [0, 0.05) is 20.1 Å². The van der Waals surface area contributed by atoms with Crippen molar-refractivity contribution in [2.75, 3.05) is 26.7 Å². The molecule has 1 N–H and O–H groups in total. The molecule has 1 saturated heterocycles. The summed E-state index contributed by atoms with van der Waals surface area (Å²) in [4.78, 5) is 39.8. The average molecular weight is 358 g/mol. The number of hydrogen-bond acceptors (Lipinski definition) is 3. The molecular formula is C20H26N2O4. The van der Waals surface area contributed by atoms with Crippen molar-refractivity contribution >= 4 is 17.8 Å². The van der Waals surface area contributed by atoms with Crippen molar-refractivity contribution in [2.24, 2.45) is 5.92 Å². The van der Waals surface area contributed by atoms with Gasteiger partial charge in [0.05, 0.1) is 17.9 Å². The monoisotopic (exact) mass is 358 g/mol. The van der Waals surface area contributed by atoms with Gasteiger partial charge in [-0.1, -0.05) is 29.8 Å². The predicted octanol–water partition coefficient (Wildman–Crippen LogP) is 1.81. The van der Waals surface area contributed by atoms with Gasteiger partial charge in [-0.2, -0.15) is 0 Å². The third-order valence-electron chi connectivity index (χ3n) is 5.57. The average Bonchev–Trinajstić information content (AvgIpc) is 3.43. The number of benzene rings is 1. The molecule has 1 aromatic carbocycles. The maximum absolute atomic E-state index is 13.0. The first-order chi connectivity index (χ1) is 12.3. The molecule has 140 valence electrons. The van der Waals surface area contributed by atoms with Gasteiger partial charge in [-0.3, -0.25) is 14.4 Å². The van der Waals surface area contributed by atoms with E-state index in [1.165, 1.54) is 4.90 Å². The molecule has 0 aromatic heterocycles. The smallest absolute Gasteiger partial charge is 0.308 e. The molecule has 2 amide bonds. The van der Waals surface area contributed by atoms with Crippen LogP contribution in [0.5, 0.6) is 0 Å². The number of piperidine rings is 1. The number of nitrogens with zero attached hydrogens (tertiary/aromatic N) is 2. The van der Waals surface area contributed by atoms with E-state index in [1.807, 2.05) is 31.2 Å². The SMILES string of the molecule is Cc1cccc(C2(C(=O)N(C)CC(=O)N3CCCC(C(=O)O)C3)CC2)c1. The van der Waals surface area contributed by atoms with Crippen LogP contribution in [-0.2, 0) is 19.8 Å². The number of carbonyl (C=O) groups excluding carboxylic acids is 2. The Hall–Kier alpha value is -2.37. The summed E-state index contributed by atoms with van der Waals surface area (Å²) in [6, 6.07) is 7.99. The van der Waals surface area contributed by atoms with Crippen molar-refractivity contribution in [1.82, 2.24) is 9.80 Å². The van der Waals surface area contributed by atoms with Gasteiger partial charge in [-0.25, -0.2) is 0 Å². The second kappa shape index (κ2) is 7.09. The molecular weight excluding hydrogens is 332 g/mol. The Balaban J connectivity index is 1.64. The van der Waals surface area contributed by atoms with Crippen LogP contribution < -0.4 is 0 Å². The minimum Gasteiger partial charge on any atom is -0.481 e. The molecule has 0 radical (unpaired) electrons. The quantitative estimate of drug-likeness (QED) is 0.871. The van der Waals surface area contributed by atoms with E-state index in [4.69, 9.17) is 5.11 Å². The second-order valence-corrected chi connectivity index (χ2v) is 7.63. The number of amides is 2. The van der Waals surface area contributed by atoms with Gasteiger partial charge in [-0.05, 0) is 38.2 Å². The highest BCUT2D eigenvalue weighted by atomic mass is 16.4. The van der Waals surface area contributed by atoms with Crippen LogP contribution in [0.25, 0.3) is 0 Å². The minimum atomic E-state index is -0.858. The lowest BCUT2D eigenvalue weighted by Crippen LogP contribution is -2.48. The summed E-state index contributed by atoms with van der Waals surface area (Å²) in [6.45, 7) is 2.80. The molecule has 1 aromatic rings. The lowest BCUT2D eigenvalue weighted by Gasteiger charge is -2.32. The van der Waals surface area contributed by atoms with Crippen molar-refractivity contribution in [2.45, 2.75) is 38.0 Å². The lowest BCUT2D eigenvalue weighted by atomic mass is 9.93. The van der Waals surface area contributed by atoms with Gasteiger partial charge in [0.1, 0.15) is 0 Å². The highest BCUT2D eigenvalue weighted by Crippen LogP contribution is 2.49. The van der Waals surface area contributed by atoms with Crippen molar-refractivity contribution in [1.29, 1.82) is 0 Å². The molecule has 1 unspecified atom stereocenters. The molecule has 2 aliphatic rings. The van der Waals surface area contributed by atoms with Gasteiger partial charge in [-0.15, -0.1) is 0 Å². The van der Waals surface area contributed by atoms with Crippen LogP contribution in [0.3, 0.4) is 0 Å². The molecule has 6 heteroatoms. The molecule has 2 fully saturated rings. The summed E-state index contributed by atoms with van der Waals surface area (Å²) in [5.74, 6) is -1.56. The number of aliphatic carboxylic acids is 1. The van der Waals surface area contributed by atoms with Crippen LogP contribution in [0, 0.1) is 12.8 Å². The van der Waals surface area contributed by atoms with E-state index in [-0.39, 0.29) is 24.9 Å². The van der Waals surface area contributed by atoms with Crippen molar-refractivity contribution in [3.63, 3.8) is 0 Å². The molecule has 1 aliphatic carbocycles. The molecule has 1 heterocycles. The number of aryl methyl sites for hydroxylation is 1. The third-order valence-corrected chi connectivity index (χ3v) is 5.57. The fourth-order valence-electron chi connectivity index (χ4n) is 3.84. The van der Waals surface area contributed by atoms with Crippen LogP contribution in [-0.4, -0.2) is 59.4 Å². The summed E-state index contributed by atoms with van der Waals surface area (Å²) in [5.41, 5.74) is 1.64. The van der Waals surface area contributed by atoms with Gasteiger partial charge >= 0.3 is 5.97 Å². The van der Waals surface area contributed by atoms with E-state index in [0.29, 0.717) is 19.4 Å². The van der Waals surface area contributed by atoms with Gasteiger partial charge < -0.3 is 14.9 Å². The largest absolute Gasteiger partial charge is 0.481 e. The number of rotatable bonds is 5. The Labute approximate surface area is 153 Å². The number of hydrogen-bond donors (Lipinski definition) is 1. The van der Waals surface area contributed by atoms with E-state index in [2.05, 4.69) is 0 Å². The Kier molecular flexibility index (Phi) is 5.03. The van der Waals surface area contributed by atoms with E-state index < -0.39 is 17.3 Å². The molecule has 26 heavy (non-hydrogen) atoms. The first-order valence-electron chi connectivity index (χ1n) is 9.17. The van der Waals surface area contributed by atoms with Crippen LogP contribution in [0.1, 0.15) is 36.8 Å². The Bertz CT molecular complexity index is 726. The van der Waals surface area contributed by atoms with E-state index in [9.17, 15) is 14.4 Å². The predicted molar refractivity (Wildman–Crippen MR) is 96.7 cm³/mol. The third kappa shape index (κ3) is 3.59. The highest BCUT2D eigenvalue weighted by Gasteiger charge is 2.52. The molecule has 0 spiro atoms. The van der Waals surface area contributed by atoms with Crippen LogP contribution in [0.4, 0.5) is 0 Å². The van der Waals surface area contributed by atoms with Crippen molar-refractivity contribution < 1.29 is 19.5 Å². The summed E-state index contributed by atoms with van der Waals surface area (Å²) in [7, 11) is 1.66. The first-order valence-corrected chi connectivity index (χ1v) is 9.17. The van der Waals surface area contributed by atoms with Gasteiger partial charge in [0.2, 0.25) is 11.8 Å².